The molecule has 2 aromatic rings. The van der Waals surface area contributed by atoms with Crippen LogP contribution in [0.3, 0.4) is 0 Å². The molecular weight excluding hydrogens is 338 g/mol. The molecule has 106 valence electrons. The Balaban J connectivity index is 2.02. The highest BCUT2D eigenvalue weighted by atomic mass is 79.9. The van der Waals surface area contributed by atoms with Crippen molar-refractivity contribution >= 4 is 33.3 Å². The molecule has 0 saturated carbocycles. The molecule has 0 atom stereocenters. The van der Waals surface area contributed by atoms with Crippen molar-refractivity contribution in [2.75, 3.05) is 5.32 Å². The summed E-state index contributed by atoms with van der Waals surface area (Å²) in [4.78, 5) is 8.16. The van der Waals surface area contributed by atoms with Gasteiger partial charge in [-0.15, -0.1) is 0 Å². The van der Waals surface area contributed by atoms with Gasteiger partial charge in [-0.05, 0) is 48.2 Å². The third kappa shape index (κ3) is 4.18. The Hall–Kier alpha value is -1.13. The number of hydrogen-bond acceptors (Lipinski definition) is 3. The fourth-order valence-corrected chi connectivity index (χ4v) is 2.36. The smallest absolute Gasteiger partial charge is 0.148 e. The lowest BCUT2D eigenvalue weighted by Gasteiger charge is -2.27. The SMILES string of the molecule is CC(C)(CCc1ccccc1)Nc1ncnc(Cl)c1Br. The highest BCUT2D eigenvalue weighted by molar-refractivity contribution is 9.10. The van der Waals surface area contributed by atoms with Crippen LogP contribution in [0.4, 0.5) is 5.82 Å². The first-order valence-electron chi connectivity index (χ1n) is 6.46. The Morgan fingerprint density at radius 1 is 1.20 bits per heavy atom. The van der Waals surface area contributed by atoms with Crippen LogP contribution in [0.2, 0.25) is 5.15 Å². The molecule has 20 heavy (non-hydrogen) atoms. The van der Waals surface area contributed by atoms with E-state index in [1.807, 2.05) is 6.07 Å². The number of halogens is 2. The van der Waals surface area contributed by atoms with E-state index < -0.39 is 0 Å². The molecule has 0 aliphatic rings. The van der Waals surface area contributed by atoms with E-state index in [1.54, 1.807) is 0 Å². The van der Waals surface area contributed by atoms with Crippen molar-refractivity contribution in [2.45, 2.75) is 32.2 Å². The predicted molar refractivity (Wildman–Crippen MR) is 87.2 cm³/mol. The Morgan fingerprint density at radius 3 is 2.60 bits per heavy atom. The third-order valence-corrected chi connectivity index (χ3v) is 4.35. The highest BCUT2D eigenvalue weighted by Gasteiger charge is 2.20. The number of nitrogens with one attached hydrogen (secondary N) is 1. The predicted octanol–water partition coefficient (Wildman–Crippen LogP) is 4.72. The van der Waals surface area contributed by atoms with Gasteiger partial charge in [0.05, 0.1) is 4.47 Å². The number of benzene rings is 1. The number of anilines is 1. The van der Waals surface area contributed by atoms with Crippen molar-refractivity contribution in [2.24, 2.45) is 0 Å². The molecule has 5 heteroatoms. The Labute approximate surface area is 132 Å². The van der Waals surface area contributed by atoms with Crippen LogP contribution in [0.25, 0.3) is 0 Å². The van der Waals surface area contributed by atoms with Gasteiger partial charge in [-0.2, -0.15) is 0 Å². The van der Waals surface area contributed by atoms with Crippen LogP contribution in [0.5, 0.6) is 0 Å². The molecule has 0 saturated heterocycles. The second kappa shape index (κ2) is 6.55. The number of hydrogen-bond donors (Lipinski definition) is 1. The molecule has 0 aliphatic heterocycles. The normalized spacial score (nSPS) is 11.4. The van der Waals surface area contributed by atoms with Crippen LogP contribution in [0.15, 0.2) is 41.1 Å². The summed E-state index contributed by atoms with van der Waals surface area (Å²) >= 11 is 9.39. The summed E-state index contributed by atoms with van der Waals surface area (Å²) in [5.74, 6) is 0.725. The topological polar surface area (TPSA) is 37.8 Å². The quantitative estimate of drug-likeness (QED) is 0.790. The summed E-state index contributed by atoms with van der Waals surface area (Å²) in [6.45, 7) is 4.30. The van der Waals surface area contributed by atoms with Gasteiger partial charge in [0, 0.05) is 5.54 Å². The van der Waals surface area contributed by atoms with Gasteiger partial charge in [0.15, 0.2) is 0 Å². The molecule has 0 radical (unpaired) electrons. The highest BCUT2D eigenvalue weighted by Crippen LogP contribution is 2.29. The van der Waals surface area contributed by atoms with E-state index in [0.717, 1.165) is 18.7 Å². The monoisotopic (exact) mass is 353 g/mol. The molecular formula is C15H17BrClN3. The van der Waals surface area contributed by atoms with Gasteiger partial charge < -0.3 is 5.32 Å². The van der Waals surface area contributed by atoms with Crippen LogP contribution >= 0.6 is 27.5 Å². The number of rotatable bonds is 5. The zero-order chi connectivity index (χ0) is 14.6. The molecule has 0 aliphatic carbocycles. The Bertz CT molecular complexity index is 573. The minimum Gasteiger partial charge on any atom is -0.364 e. The molecule has 2 rings (SSSR count). The van der Waals surface area contributed by atoms with Crippen molar-refractivity contribution < 1.29 is 0 Å². The summed E-state index contributed by atoms with van der Waals surface area (Å²) in [5.41, 5.74) is 1.25. The largest absolute Gasteiger partial charge is 0.364 e. The molecule has 1 aromatic heterocycles. The van der Waals surface area contributed by atoms with Crippen LogP contribution < -0.4 is 5.32 Å². The number of aryl methyl sites for hydroxylation is 1. The van der Waals surface area contributed by atoms with Gasteiger partial charge in [-0.25, -0.2) is 9.97 Å². The zero-order valence-corrected chi connectivity index (χ0v) is 13.9. The fourth-order valence-electron chi connectivity index (χ4n) is 1.92. The minimum absolute atomic E-state index is 0.0873. The van der Waals surface area contributed by atoms with Crippen molar-refractivity contribution in [1.29, 1.82) is 0 Å². The Kier molecular flexibility index (Phi) is 5.00. The van der Waals surface area contributed by atoms with Crippen LogP contribution in [-0.2, 0) is 6.42 Å². The average Bonchev–Trinajstić information content (AvgIpc) is 2.43. The van der Waals surface area contributed by atoms with E-state index in [0.29, 0.717) is 9.63 Å². The molecule has 1 N–H and O–H groups in total. The van der Waals surface area contributed by atoms with E-state index in [2.05, 4.69) is 69.3 Å². The van der Waals surface area contributed by atoms with Crippen molar-refractivity contribution in [3.05, 3.63) is 51.8 Å². The number of nitrogens with zero attached hydrogens (tertiary/aromatic N) is 2. The van der Waals surface area contributed by atoms with E-state index in [-0.39, 0.29) is 5.54 Å². The number of aromatic nitrogens is 2. The third-order valence-electron chi connectivity index (χ3n) is 3.09. The van der Waals surface area contributed by atoms with Crippen LogP contribution in [0, 0.1) is 0 Å². The molecule has 0 unspecified atom stereocenters. The molecule has 3 nitrogen and oxygen atoms in total. The van der Waals surface area contributed by atoms with Gasteiger partial charge in [-0.1, -0.05) is 41.9 Å². The maximum absolute atomic E-state index is 5.98. The summed E-state index contributed by atoms with van der Waals surface area (Å²) in [5, 5.41) is 3.83. The van der Waals surface area contributed by atoms with E-state index in [1.165, 1.54) is 11.9 Å². The lowest BCUT2D eigenvalue weighted by molar-refractivity contribution is 0.516. The van der Waals surface area contributed by atoms with Crippen molar-refractivity contribution in [1.82, 2.24) is 9.97 Å². The van der Waals surface area contributed by atoms with Crippen molar-refractivity contribution in [3.63, 3.8) is 0 Å². The first-order chi connectivity index (χ1) is 9.48. The second-order valence-corrected chi connectivity index (χ2v) is 6.47. The molecule has 0 bridgehead atoms. The second-order valence-electron chi connectivity index (χ2n) is 5.32. The van der Waals surface area contributed by atoms with E-state index in [9.17, 15) is 0 Å². The molecule has 0 amide bonds. The molecule has 1 aromatic carbocycles. The summed E-state index contributed by atoms with van der Waals surface area (Å²) in [7, 11) is 0. The molecule has 0 spiro atoms. The van der Waals surface area contributed by atoms with Gasteiger partial charge in [0.1, 0.15) is 17.3 Å². The summed E-state index contributed by atoms with van der Waals surface area (Å²) in [6, 6.07) is 10.5. The molecule has 0 fully saturated rings. The lowest BCUT2D eigenvalue weighted by Crippen LogP contribution is -2.32. The minimum atomic E-state index is -0.0873. The fraction of sp³-hybridized carbons (Fsp3) is 0.333. The first kappa shape index (κ1) is 15.3. The Morgan fingerprint density at radius 2 is 1.90 bits per heavy atom. The maximum atomic E-state index is 5.98. The van der Waals surface area contributed by atoms with Crippen LogP contribution in [0.1, 0.15) is 25.8 Å². The van der Waals surface area contributed by atoms with Gasteiger partial charge in [0.25, 0.3) is 0 Å². The maximum Gasteiger partial charge on any atom is 0.148 e. The average molecular weight is 355 g/mol. The van der Waals surface area contributed by atoms with E-state index >= 15 is 0 Å². The lowest BCUT2D eigenvalue weighted by atomic mass is 9.95. The van der Waals surface area contributed by atoms with Crippen LogP contribution in [-0.4, -0.2) is 15.5 Å². The molecule has 1 heterocycles. The zero-order valence-electron chi connectivity index (χ0n) is 11.5. The van der Waals surface area contributed by atoms with Gasteiger partial charge in [0.2, 0.25) is 0 Å². The van der Waals surface area contributed by atoms with E-state index in [4.69, 9.17) is 11.6 Å². The van der Waals surface area contributed by atoms with Gasteiger partial charge in [-0.3, -0.25) is 0 Å². The first-order valence-corrected chi connectivity index (χ1v) is 7.63. The standard InChI is InChI=1S/C15H17BrClN3/c1-15(2,9-8-11-6-4-3-5-7-11)20-14-12(16)13(17)18-10-19-14/h3-7,10H,8-9H2,1-2H3,(H,18,19,20). The summed E-state index contributed by atoms with van der Waals surface area (Å²) in [6.07, 6.45) is 3.46. The van der Waals surface area contributed by atoms with Gasteiger partial charge >= 0.3 is 0 Å². The summed E-state index contributed by atoms with van der Waals surface area (Å²) < 4.78 is 0.703. The van der Waals surface area contributed by atoms with Crippen molar-refractivity contribution in [3.8, 4) is 0 Å².